The molecule has 3 heterocycles. The van der Waals surface area contributed by atoms with Gasteiger partial charge in [0, 0.05) is 23.8 Å². The number of fused-ring (bicyclic) bond motifs is 3. The highest BCUT2D eigenvalue weighted by Gasteiger charge is 2.13. The van der Waals surface area contributed by atoms with E-state index in [9.17, 15) is 14.9 Å². The molecule has 8 heteroatoms. The van der Waals surface area contributed by atoms with Crippen LogP contribution in [-0.4, -0.2) is 14.3 Å². The fraction of sp³-hybridized carbons (Fsp3) is 0.0909. The van der Waals surface area contributed by atoms with Crippen molar-refractivity contribution in [3.05, 3.63) is 90.4 Å². The van der Waals surface area contributed by atoms with Crippen molar-refractivity contribution >= 4 is 39.1 Å². The molecule has 0 unspecified atom stereocenters. The van der Waals surface area contributed by atoms with Gasteiger partial charge >= 0.3 is 0 Å². The van der Waals surface area contributed by atoms with E-state index >= 15 is 0 Å². The Morgan fingerprint density at radius 3 is 2.57 bits per heavy atom. The Balaban J connectivity index is 1.57. The molecule has 148 valence electrons. The lowest BCUT2D eigenvalue weighted by Gasteiger charge is -1.98. The van der Waals surface area contributed by atoms with Crippen LogP contribution < -0.4 is 10.1 Å². The molecule has 5 aromatic rings. The van der Waals surface area contributed by atoms with E-state index in [1.165, 1.54) is 23.5 Å². The normalized spacial score (nSPS) is 12.3. The number of rotatable bonds is 3. The number of non-ortho nitro benzene ring substituents is 1. The van der Waals surface area contributed by atoms with Gasteiger partial charge in [-0.25, -0.2) is 9.38 Å². The van der Waals surface area contributed by atoms with Crippen molar-refractivity contribution in [1.82, 2.24) is 9.38 Å². The first-order chi connectivity index (χ1) is 14.4. The number of furan rings is 1. The topological polar surface area (TPSA) is 90.7 Å². The molecule has 0 spiro atoms. The van der Waals surface area contributed by atoms with E-state index in [0.29, 0.717) is 21.0 Å². The van der Waals surface area contributed by atoms with E-state index in [1.807, 2.05) is 26.0 Å². The Labute approximate surface area is 173 Å². The maximum absolute atomic E-state index is 13.0. The maximum Gasteiger partial charge on any atom is 0.275 e. The van der Waals surface area contributed by atoms with Crippen molar-refractivity contribution in [2.24, 2.45) is 0 Å². The van der Waals surface area contributed by atoms with Crippen LogP contribution >= 0.6 is 11.3 Å². The lowest BCUT2D eigenvalue weighted by atomic mass is 10.1. The molecule has 3 aromatic heterocycles. The van der Waals surface area contributed by atoms with Crippen molar-refractivity contribution in [3.63, 3.8) is 0 Å². The van der Waals surface area contributed by atoms with Gasteiger partial charge in [0.2, 0.25) is 0 Å². The molecular weight excluding hydrogens is 402 g/mol. The molecule has 0 aliphatic heterocycles. The van der Waals surface area contributed by atoms with Crippen molar-refractivity contribution in [2.75, 3.05) is 0 Å². The van der Waals surface area contributed by atoms with Crippen LogP contribution in [0.5, 0.6) is 0 Å². The van der Waals surface area contributed by atoms with Crippen molar-refractivity contribution < 1.29 is 9.34 Å². The predicted molar refractivity (Wildman–Crippen MR) is 116 cm³/mol. The zero-order chi connectivity index (χ0) is 21.0. The van der Waals surface area contributed by atoms with Gasteiger partial charge in [0.25, 0.3) is 11.2 Å². The van der Waals surface area contributed by atoms with E-state index < -0.39 is 4.92 Å². The van der Waals surface area contributed by atoms with Gasteiger partial charge in [-0.2, -0.15) is 0 Å². The third-order valence-corrected chi connectivity index (χ3v) is 6.09. The average molecular weight is 417 g/mol. The van der Waals surface area contributed by atoms with Crippen LogP contribution in [0.2, 0.25) is 0 Å². The molecule has 0 radical (unpaired) electrons. The lowest BCUT2D eigenvalue weighted by molar-refractivity contribution is -0.384. The average Bonchev–Trinajstić information content (AvgIpc) is 3.39. The molecule has 0 atom stereocenters. The second kappa shape index (κ2) is 6.64. The smallest absolute Gasteiger partial charge is 0.275 e. The molecule has 0 N–H and O–H groups in total. The lowest BCUT2D eigenvalue weighted by Crippen LogP contribution is -2.22. The van der Waals surface area contributed by atoms with E-state index in [-0.39, 0.29) is 11.2 Å². The van der Waals surface area contributed by atoms with Crippen molar-refractivity contribution in [3.8, 4) is 11.3 Å². The fourth-order valence-electron chi connectivity index (χ4n) is 3.38. The maximum atomic E-state index is 13.0. The molecule has 0 fully saturated rings. The number of hydrogen-bond donors (Lipinski definition) is 0. The molecule has 0 aliphatic carbocycles. The van der Waals surface area contributed by atoms with Gasteiger partial charge in [-0.1, -0.05) is 11.3 Å². The zero-order valence-electron chi connectivity index (χ0n) is 16.1. The number of nitrogens with zero attached hydrogens (tertiary/aromatic N) is 3. The van der Waals surface area contributed by atoms with Gasteiger partial charge in [0.1, 0.15) is 16.1 Å². The molecular formula is C22H15N3O4S. The largest absolute Gasteiger partial charge is 0.457 e. The van der Waals surface area contributed by atoms with Crippen LogP contribution in [0.1, 0.15) is 16.9 Å². The first kappa shape index (κ1) is 18.3. The van der Waals surface area contributed by atoms with E-state index in [0.717, 1.165) is 27.7 Å². The van der Waals surface area contributed by atoms with Crippen LogP contribution in [-0.2, 0) is 0 Å². The summed E-state index contributed by atoms with van der Waals surface area (Å²) >= 11 is 1.32. The summed E-state index contributed by atoms with van der Waals surface area (Å²) in [5, 5.41) is 10.8. The summed E-state index contributed by atoms with van der Waals surface area (Å²) in [6.07, 6.45) is 1.70. The Kier molecular flexibility index (Phi) is 4.04. The van der Waals surface area contributed by atoms with Crippen molar-refractivity contribution in [2.45, 2.75) is 13.8 Å². The third-order valence-electron chi connectivity index (χ3n) is 5.12. The number of benzene rings is 2. The minimum Gasteiger partial charge on any atom is -0.457 e. The number of nitro groups is 1. The van der Waals surface area contributed by atoms with Gasteiger partial charge in [-0.05, 0) is 61.4 Å². The summed E-state index contributed by atoms with van der Waals surface area (Å²) in [4.78, 5) is 28.6. The fourth-order valence-corrected chi connectivity index (χ4v) is 4.35. The van der Waals surface area contributed by atoms with Gasteiger partial charge in [-0.3, -0.25) is 14.9 Å². The van der Waals surface area contributed by atoms with Crippen LogP contribution in [0.4, 0.5) is 5.69 Å². The van der Waals surface area contributed by atoms with Crippen LogP contribution in [0.25, 0.3) is 33.4 Å². The summed E-state index contributed by atoms with van der Waals surface area (Å²) in [5.41, 5.74) is 4.48. The van der Waals surface area contributed by atoms with Gasteiger partial charge in [0.05, 0.1) is 16.0 Å². The number of thiazole rings is 1. The number of aryl methyl sites for hydroxylation is 2. The highest BCUT2D eigenvalue weighted by Crippen LogP contribution is 2.25. The minimum absolute atomic E-state index is 0.0210. The zero-order valence-corrected chi connectivity index (χ0v) is 16.9. The number of hydrogen-bond acceptors (Lipinski definition) is 6. The SMILES string of the molecule is Cc1cc2nc3sc(=Cc4ccc(-c5ccc([N+](=O)[O-])cc5)o4)c(=O)n3c2cc1C. The summed E-state index contributed by atoms with van der Waals surface area (Å²) in [6.45, 7) is 4.04. The van der Waals surface area contributed by atoms with Crippen LogP contribution in [0.3, 0.4) is 0 Å². The van der Waals surface area contributed by atoms with E-state index in [2.05, 4.69) is 4.98 Å². The Morgan fingerprint density at radius 2 is 1.83 bits per heavy atom. The second-order valence-corrected chi connectivity index (χ2v) is 8.09. The van der Waals surface area contributed by atoms with Gasteiger partial charge < -0.3 is 4.42 Å². The summed E-state index contributed by atoms with van der Waals surface area (Å²) < 4.78 is 8.00. The summed E-state index contributed by atoms with van der Waals surface area (Å²) in [7, 11) is 0. The predicted octanol–water partition coefficient (Wildman–Crippen LogP) is 4.24. The highest BCUT2D eigenvalue weighted by atomic mass is 32.1. The first-order valence-electron chi connectivity index (χ1n) is 9.19. The molecule has 0 saturated carbocycles. The third kappa shape index (κ3) is 2.89. The first-order valence-corrected chi connectivity index (χ1v) is 10.0. The Bertz CT molecular complexity index is 1560. The molecule has 0 aliphatic rings. The van der Waals surface area contributed by atoms with Crippen LogP contribution in [0, 0.1) is 24.0 Å². The molecule has 30 heavy (non-hydrogen) atoms. The molecule has 7 nitrogen and oxygen atoms in total. The second-order valence-electron chi connectivity index (χ2n) is 7.08. The summed E-state index contributed by atoms with van der Waals surface area (Å²) in [5.74, 6) is 1.10. The van der Waals surface area contributed by atoms with Gasteiger partial charge in [-0.15, -0.1) is 0 Å². The van der Waals surface area contributed by atoms with Crippen molar-refractivity contribution in [1.29, 1.82) is 0 Å². The van der Waals surface area contributed by atoms with Crippen LogP contribution in [0.15, 0.2) is 57.7 Å². The molecule has 2 aromatic carbocycles. The Morgan fingerprint density at radius 1 is 1.10 bits per heavy atom. The molecule has 0 saturated heterocycles. The number of aromatic nitrogens is 2. The quantitative estimate of drug-likeness (QED) is 0.323. The standard InChI is InChI=1S/C22H15N3O4S/c1-12-9-17-18(10-13(12)2)24-21(26)20(30-22(24)23-17)11-16-7-8-19(29-16)14-3-5-15(6-4-14)25(27)28/h3-11H,1-2H3. The number of nitro benzene ring substituents is 1. The van der Waals surface area contributed by atoms with E-state index in [4.69, 9.17) is 4.42 Å². The molecule has 0 amide bonds. The minimum atomic E-state index is -0.444. The van der Waals surface area contributed by atoms with Gasteiger partial charge in [0.15, 0.2) is 4.96 Å². The Hall–Kier alpha value is -3.78. The summed E-state index contributed by atoms with van der Waals surface area (Å²) in [6, 6.07) is 13.7. The molecule has 0 bridgehead atoms. The number of imidazole rings is 1. The highest BCUT2D eigenvalue weighted by molar-refractivity contribution is 7.15. The monoisotopic (exact) mass is 417 g/mol. The van der Waals surface area contributed by atoms with E-state index in [1.54, 1.807) is 34.7 Å². The molecule has 5 rings (SSSR count).